The van der Waals surface area contributed by atoms with Crippen molar-refractivity contribution in [2.24, 2.45) is 5.92 Å². The molecule has 1 aromatic carbocycles. The molecule has 37 heavy (non-hydrogen) atoms. The van der Waals surface area contributed by atoms with Crippen LogP contribution in [0.15, 0.2) is 24.3 Å². The second kappa shape index (κ2) is 12.3. The lowest BCUT2D eigenvalue weighted by molar-refractivity contribution is -0.274. The summed E-state index contributed by atoms with van der Waals surface area (Å²) in [5, 5.41) is 9.20. The fourth-order valence-electron chi connectivity index (χ4n) is 4.84. The van der Waals surface area contributed by atoms with Crippen LogP contribution < -0.4 is 25.6 Å². The third-order valence-corrected chi connectivity index (χ3v) is 6.82. The van der Waals surface area contributed by atoms with Crippen LogP contribution in [0, 0.1) is 5.92 Å². The maximum Gasteiger partial charge on any atom is 0.573 e. The highest BCUT2D eigenvalue weighted by molar-refractivity contribution is 5.78. The van der Waals surface area contributed by atoms with Gasteiger partial charge in [-0.25, -0.2) is 0 Å². The van der Waals surface area contributed by atoms with Gasteiger partial charge in [-0.15, -0.1) is 13.2 Å². The van der Waals surface area contributed by atoms with E-state index in [4.69, 9.17) is 0 Å². The molecule has 3 N–H and O–H groups in total. The van der Waals surface area contributed by atoms with Gasteiger partial charge < -0.3 is 25.6 Å². The summed E-state index contributed by atoms with van der Waals surface area (Å²) in [7, 11) is 1.78. The fraction of sp³-hybridized carbons (Fsp3) is 0.600. The molecule has 2 heterocycles. The minimum atomic E-state index is -4.79. The number of alkyl halides is 3. The summed E-state index contributed by atoms with van der Waals surface area (Å²) in [4.78, 5) is 28.6. The molecular formula is C25H34F3N7O2. The number of amides is 1. The molecule has 1 saturated heterocycles. The van der Waals surface area contributed by atoms with Crippen molar-refractivity contribution in [1.29, 1.82) is 0 Å². The molecule has 1 saturated carbocycles. The number of nitrogens with one attached hydrogen (secondary N) is 3. The molecule has 0 radical (unpaired) electrons. The van der Waals surface area contributed by atoms with Crippen molar-refractivity contribution in [2.45, 2.75) is 70.3 Å². The van der Waals surface area contributed by atoms with Crippen molar-refractivity contribution in [1.82, 2.24) is 20.3 Å². The number of rotatable bonds is 8. The molecule has 0 unspecified atom stereocenters. The normalized spacial score (nSPS) is 20.6. The van der Waals surface area contributed by atoms with E-state index in [1.165, 1.54) is 31.0 Å². The first-order valence-corrected chi connectivity index (χ1v) is 12.9. The number of nitrogens with zero attached hydrogens (tertiary/aromatic N) is 4. The van der Waals surface area contributed by atoms with Crippen LogP contribution in [0.1, 0.15) is 56.9 Å². The SMILES string of the molecule is CNc1nc(N[C@H]2CC[C@@H](C(=O)NCc3ccccc3OC(F)(F)F)CC2)nc(N2CCCCCC2)n1. The van der Waals surface area contributed by atoms with Crippen LogP contribution in [0.3, 0.4) is 0 Å². The lowest BCUT2D eigenvalue weighted by Crippen LogP contribution is -2.36. The smallest absolute Gasteiger partial charge is 0.405 e. The average molecular weight is 522 g/mol. The van der Waals surface area contributed by atoms with E-state index in [-0.39, 0.29) is 35.7 Å². The predicted octanol–water partition coefficient (Wildman–Crippen LogP) is 4.48. The van der Waals surface area contributed by atoms with Crippen molar-refractivity contribution in [3.8, 4) is 5.75 Å². The number of benzene rings is 1. The van der Waals surface area contributed by atoms with Crippen LogP contribution >= 0.6 is 0 Å². The summed E-state index contributed by atoms with van der Waals surface area (Å²) in [6.45, 7) is 1.83. The van der Waals surface area contributed by atoms with Crippen molar-refractivity contribution in [2.75, 3.05) is 35.7 Å². The molecule has 1 aliphatic carbocycles. The molecule has 9 nitrogen and oxygen atoms in total. The number of hydrogen-bond donors (Lipinski definition) is 3. The summed E-state index contributed by atoms with van der Waals surface area (Å²) < 4.78 is 42.0. The molecule has 1 aromatic heterocycles. The Bertz CT molecular complexity index is 1040. The Morgan fingerprint density at radius 2 is 1.68 bits per heavy atom. The van der Waals surface area contributed by atoms with E-state index < -0.39 is 6.36 Å². The highest BCUT2D eigenvalue weighted by Crippen LogP contribution is 2.29. The lowest BCUT2D eigenvalue weighted by Gasteiger charge is -2.29. The number of hydrogen-bond acceptors (Lipinski definition) is 8. The first-order valence-electron chi connectivity index (χ1n) is 12.9. The zero-order valence-corrected chi connectivity index (χ0v) is 21.0. The van der Waals surface area contributed by atoms with E-state index in [0.29, 0.717) is 30.7 Å². The maximum atomic E-state index is 12.7. The predicted molar refractivity (Wildman–Crippen MR) is 134 cm³/mol. The Balaban J connectivity index is 1.29. The molecule has 2 aliphatic rings. The third-order valence-electron chi connectivity index (χ3n) is 6.82. The summed E-state index contributed by atoms with van der Waals surface area (Å²) >= 11 is 0. The number of anilines is 3. The van der Waals surface area contributed by atoms with Crippen LogP contribution in [-0.4, -0.2) is 53.4 Å². The molecule has 2 fully saturated rings. The number of ether oxygens (including phenoxy) is 1. The molecule has 4 rings (SSSR count). The van der Waals surface area contributed by atoms with Gasteiger partial charge in [-0.1, -0.05) is 31.0 Å². The van der Waals surface area contributed by atoms with Crippen molar-refractivity contribution >= 4 is 23.8 Å². The van der Waals surface area contributed by atoms with E-state index in [1.807, 2.05) is 0 Å². The van der Waals surface area contributed by atoms with Crippen LogP contribution in [0.5, 0.6) is 5.75 Å². The van der Waals surface area contributed by atoms with Gasteiger partial charge in [-0.05, 0) is 44.6 Å². The van der Waals surface area contributed by atoms with Crippen LogP contribution in [0.25, 0.3) is 0 Å². The van der Waals surface area contributed by atoms with Crippen LogP contribution in [0.2, 0.25) is 0 Å². The number of carbonyl (C=O) groups is 1. The molecule has 12 heteroatoms. The van der Waals surface area contributed by atoms with Gasteiger partial charge >= 0.3 is 6.36 Å². The fourth-order valence-corrected chi connectivity index (χ4v) is 4.84. The summed E-state index contributed by atoms with van der Waals surface area (Å²) in [5.74, 6) is 1.04. The van der Waals surface area contributed by atoms with Crippen molar-refractivity contribution in [3.63, 3.8) is 0 Å². The number of halogens is 3. The Morgan fingerprint density at radius 3 is 2.35 bits per heavy atom. The van der Waals surface area contributed by atoms with Crippen LogP contribution in [-0.2, 0) is 11.3 Å². The van der Waals surface area contributed by atoms with E-state index in [0.717, 1.165) is 38.8 Å². The largest absolute Gasteiger partial charge is 0.573 e. The van der Waals surface area contributed by atoms with Gasteiger partial charge in [0.05, 0.1) is 0 Å². The summed E-state index contributed by atoms with van der Waals surface area (Å²) in [5.41, 5.74) is 0.277. The van der Waals surface area contributed by atoms with Gasteiger partial charge in [0.2, 0.25) is 23.8 Å². The topological polar surface area (TPSA) is 104 Å². The molecule has 202 valence electrons. The summed E-state index contributed by atoms with van der Waals surface area (Å²) in [6.07, 6.45) is 2.72. The monoisotopic (exact) mass is 521 g/mol. The van der Waals surface area contributed by atoms with Gasteiger partial charge in [0.1, 0.15) is 5.75 Å². The Hall–Kier alpha value is -3.31. The Morgan fingerprint density at radius 1 is 1.00 bits per heavy atom. The van der Waals surface area contributed by atoms with E-state index in [9.17, 15) is 18.0 Å². The molecule has 1 amide bonds. The molecule has 0 bridgehead atoms. The third kappa shape index (κ3) is 7.83. The van der Waals surface area contributed by atoms with Gasteiger partial charge in [0.25, 0.3) is 0 Å². The lowest BCUT2D eigenvalue weighted by atomic mass is 9.85. The first kappa shape index (κ1) is 26.7. The van der Waals surface area contributed by atoms with Crippen molar-refractivity contribution < 1.29 is 22.7 Å². The quantitative estimate of drug-likeness (QED) is 0.467. The van der Waals surface area contributed by atoms with Crippen molar-refractivity contribution in [3.05, 3.63) is 29.8 Å². The maximum absolute atomic E-state index is 12.7. The van der Waals surface area contributed by atoms with Gasteiger partial charge in [-0.2, -0.15) is 15.0 Å². The minimum absolute atomic E-state index is 0.0276. The molecular weight excluding hydrogens is 487 g/mol. The standard InChI is InChI=1S/C25H34F3N7O2/c1-29-22-32-23(34-24(33-22)35-14-6-2-3-7-15-35)31-19-12-10-17(11-13-19)21(36)30-16-18-8-4-5-9-20(18)37-25(26,27)28/h4-5,8-9,17,19H,2-3,6-7,10-16H2,1H3,(H,30,36)(H2,29,31,32,33,34)/t17-,19+. The minimum Gasteiger partial charge on any atom is -0.405 e. The zero-order chi connectivity index (χ0) is 26.3. The Labute approximate surface area is 214 Å². The second-order valence-corrected chi connectivity index (χ2v) is 9.50. The molecule has 2 aromatic rings. The summed E-state index contributed by atoms with van der Waals surface area (Å²) in [6, 6.07) is 5.94. The van der Waals surface area contributed by atoms with Gasteiger partial charge in [-0.3, -0.25) is 4.79 Å². The molecule has 1 aliphatic heterocycles. The number of carbonyl (C=O) groups excluding carboxylic acids is 1. The number of para-hydroxylation sites is 1. The zero-order valence-electron chi connectivity index (χ0n) is 21.0. The number of aromatic nitrogens is 3. The average Bonchev–Trinajstić information content (AvgIpc) is 3.17. The molecule has 0 spiro atoms. The second-order valence-electron chi connectivity index (χ2n) is 9.50. The Kier molecular flexibility index (Phi) is 8.88. The van der Waals surface area contributed by atoms with Gasteiger partial charge in [0.15, 0.2) is 0 Å². The van der Waals surface area contributed by atoms with E-state index in [1.54, 1.807) is 13.1 Å². The highest BCUT2D eigenvalue weighted by Gasteiger charge is 2.32. The molecule has 0 atom stereocenters. The van der Waals surface area contributed by atoms with Crippen LogP contribution in [0.4, 0.5) is 31.0 Å². The van der Waals surface area contributed by atoms with Gasteiger partial charge in [0, 0.05) is 44.2 Å². The van der Waals surface area contributed by atoms with E-state index >= 15 is 0 Å². The van der Waals surface area contributed by atoms with E-state index in [2.05, 4.69) is 40.5 Å². The first-order chi connectivity index (χ1) is 17.8. The highest BCUT2D eigenvalue weighted by atomic mass is 19.4.